The molecule has 1 amide bonds. The third kappa shape index (κ3) is 4.58. The summed E-state index contributed by atoms with van der Waals surface area (Å²) in [6, 6.07) is 3.37. The monoisotopic (exact) mass is 442 g/mol. The SMILES string of the molecule is COc1c(OCCCN2CCOCC2)ccc2c(=O)n(C)c(NC(=O)c3cn[nH]c3)nc12. The number of carbonyl (C=O) groups is 1. The molecule has 32 heavy (non-hydrogen) atoms. The lowest BCUT2D eigenvalue weighted by atomic mass is 10.2. The zero-order valence-electron chi connectivity index (χ0n) is 18.1. The van der Waals surface area contributed by atoms with Crippen LogP contribution in [0, 0.1) is 0 Å². The number of morpholine rings is 1. The van der Waals surface area contributed by atoms with E-state index in [0.29, 0.717) is 34.6 Å². The van der Waals surface area contributed by atoms with Crippen molar-refractivity contribution in [2.75, 3.05) is 51.9 Å². The molecule has 3 aromatic rings. The van der Waals surface area contributed by atoms with Crippen LogP contribution in [0.1, 0.15) is 16.8 Å². The second-order valence-electron chi connectivity index (χ2n) is 7.39. The molecule has 0 radical (unpaired) electrons. The van der Waals surface area contributed by atoms with Gasteiger partial charge in [0.05, 0.1) is 44.1 Å². The van der Waals surface area contributed by atoms with Gasteiger partial charge in [-0.1, -0.05) is 0 Å². The van der Waals surface area contributed by atoms with Crippen molar-refractivity contribution >= 4 is 22.8 Å². The molecule has 170 valence electrons. The number of hydrogen-bond acceptors (Lipinski definition) is 8. The lowest BCUT2D eigenvalue weighted by Gasteiger charge is -2.26. The molecule has 2 N–H and O–H groups in total. The second-order valence-corrected chi connectivity index (χ2v) is 7.39. The van der Waals surface area contributed by atoms with E-state index in [4.69, 9.17) is 14.2 Å². The lowest BCUT2D eigenvalue weighted by molar-refractivity contribution is 0.0357. The number of anilines is 1. The Labute approximate surface area is 184 Å². The van der Waals surface area contributed by atoms with Crippen LogP contribution in [0.25, 0.3) is 10.9 Å². The summed E-state index contributed by atoms with van der Waals surface area (Å²) in [6.45, 7) is 4.80. The van der Waals surface area contributed by atoms with E-state index in [1.165, 1.54) is 24.1 Å². The Kier molecular flexibility index (Phi) is 6.66. The van der Waals surface area contributed by atoms with Gasteiger partial charge in [-0.2, -0.15) is 5.10 Å². The van der Waals surface area contributed by atoms with E-state index in [1.54, 1.807) is 19.2 Å². The maximum absolute atomic E-state index is 12.9. The molecule has 4 rings (SSSR count). The van der Waals surface area contributed by atoms with Gasteiger partial charge >= 0.3 is 0 Å². The van der Waals surface area contributed by atoms with Crippen molar-refractivity contribution in [1.82, 2.24) is 24.6 Å². The molecule has 11 heteroatoms. The van der Waals surface area contributed by atoms with E-state index in [2.05, 4.69) is 25.4 Å². The Morgan fingerprint density at radius 1 is 1.31 bits per heavy atom. The predicted octanol–water partition coefficient (Wildman–Crippen LogP) is 1.02. The summed E-state index contributed by atoms with van der Waals surface area (Å²) in [5.74, 6) is 0.506. The number of carbonyl (C=O) groups excluding carboxylic acids is 1. The summed E-state index contributed by atoms with van der Waals surface area (Å²) in [7, 11) is 3.04. The molecule has 2 aromatic heterocycles. The molecule has 1 saturated heterocycles. The van der Waals surface area contributed by atoms with E-state index in [-0.39, 0.29) is 11.5 Å². The fourth-order valence-electron chi connectivity index (χ4n) is 3.56. The molecule has 0 saturated carbocycles. The summed E-state index contributed by atoms with van der Waals surface area (Å²) in [4.78, 5) is 32.1. The van der Waals surface area contributed by atoms with Gasteiger partial charge in [0.2, 0.25) is 5.95 Å². The highest BCUT2D eigenvalue weighted by Gasteiger charge is 2.18. The molecule has 0 bridgehead atoms. The summed E-state index contributed by atoms with van der Waals surface area (Å²) < 4.78 is 18.1. The second kappa shape index (κ2) is 9.79. The molecule has 1 fully saturated rings. The van der Waals surface area contributed by atoms with Crippen molar-refractivity contribution in [1.29, 1.82) is 0 Å². The quantitative estimate of drug-likeness (QED) is 0.496. The van der Waals surface area contributed by atoms with Crippen LogP contribution < -0.4 is 20.3 Å². The van der Waals surface area contributed by atoms with Crippen molar-refractivity contribution in [3.8, 4) is 11.5 Å². The highest BCUT2D eigenvalue weighted by Crippen LogP contribution is 2.33. The molecule has 0 unspecified atom stereocenters. The average Bonchev–Trinajstić information content (AvgIpc) is 3.36. The van der Waals surface area contributed by atoms with Gasteiger partial charge in [-0.3, -0.25) is 29.5 Å². The van der Waals surface area contributed by atoms with Crippen molar-refractivity contribution in [3.63, 3.8) is 0 Å². The van der Waals surface area contributed by atoms with Gasteiger partial charge in [0, 0.05) is 32.9 Å². The fraction of sp³-hybridized carbons (Fsp3) is 0.429. The largest absolute Gasteiger partial charge is 0.491 e. The van der Waals surface area contributed by atoms with Crippen LogP contribution in [0.5, 0.6) is 11.5 Å². The Morgan fingerprint density at radius 2 is 2.12 bits per heavy atom. The van der Waals surface area contributed by atoms with Crippen LogP contribution in [-0.2, 0) is 11.8 Å². The summed E-state index contributed by atoms with van der Waals surface area (Å²) in [5, 5.41) is 9.35. The first-order valence-corrected chi connectivity index (χ1v) is 10.4. The molecular weight excluding hydrogens is 416 g/mol. The van der Waals surface area contributed by atoms with E-state index in [0.717, 1.165) is 39.3 Å². The summed E-state index contributed by atoms with van der Waals surface area (Å²) in [6.07, 6.45) is 3.69. The van der Waals surface area contributed by atoms with Crippen LogP contribution in [0.2, 0.25) is 0 Å². The first-order valence-electron chi connectivity index (χ1n) is 10.4. The maximum atomic E-state index is 12.9. The summed E-state index contributed by atoms with van der Waals surface area (Å²) in [5.41, 5.74) is 0.335. The number of rotatable bonds is 8. The van der Waals surface area contributed by atoms with Gasteiger partial charge in [0.1, 0.15) is 5.52 Å². The highest BCUT2D eigenvalue weighted by atomic mass is 16.5. The number of methoxy groups -OCH3 is 1. The number of nitrogens with one attached hydrogen (secondary N) is 2. The fourth-order valence-corrected chi connectivity index (χ4v) is 3.56. The Bertz CT molecular complexity index is 1140. The van der Waals surface area contributed by atoms with Gasteiger partial charge in [0.25, 0.3) is 11.5 Å². The van der Waals surface area contributed by atoms with Crippen LogP contribution in [0.15, 0.2) is 29.3 Å². The molecular formula is C21H26N6O5. The zero-order chi connectivity index (χ0) is 22.5. The number of aromatic amines is 1. The molecule has 0 atom stereocenters. The molecule has 1 aromatic carbocycles. The van der Waals surface area contributed by atoms with E-state index in [1.807, 2.05) is 0 Å². The van der Waals surface area contributed by atoms with E-state index in [9.17, 15) is 9.59 Å². The molecule has 1 aliphatic heterocycles. The minimum atomic E-state index is -0.435. The topological polar surface area (TPSA) is 124 Å². The number of benzene rings is 1. The number of amides is 1. The Hall–Kier alpha value is -3.44. The number of nitrogens with zero attached hydrogens (tertiary/aromatic N) is 4. The van der Waals surface area contributed by atoms with Crippen LogP contribution in [0.3, 0.4) is 0 Å². The minimum absolute atomic E-state index is 0.0940. The van der Waals surface area contributed by atoms with Crippen LogP contribution >= 0.6 is 0 Å². The van der Waals surface area contributed by atoms with Crippen molar-refractivity contribution < 1.29 is 19.0 Å². The molecule has 0 spiro atoms. The van der Waals surface area contributed by atoms with Crippen LogP contribution in [0.4, 0.5) is 5.95 Å². The predicted molar refractivity (Wildman–Crippen MR) is 117 cm³/mol. The van der Waals surface area contributed by atoms with E-state index < -0.39 is 5.91 Å². The first-order chi connectivity index (χ1) is 15.6. The molecule has 11 nitrogen and oxygen atoms in total. The Morgan fingerprint density at radius 3 is 2.84 bits per heavy atom. The van der Waals surface area contributed by atoms with Gasteiger partial charge in [-0.05, 0) is 18.6 Å². The third-order valence-electron chi connectivity index (χ3n) is 5.34. The zero-order valence-corrected chi connectivity index (χ0v) is 18.1. The molecule has 3 heterocycles. The highest BCUT2D eigenvalue weighted by molar-refractivity contribution is 6.03. The number of H-pyrrole nitrogens is 1. The van der Waals surface area contributed by atoms with Gasteiger partial charge in [-0.25, -0.2) is 4.98 Å². The third-order valence-corrected chi connectivity index (χ3v) is 5.34. The normalized spacial score (nSPS) is 14.4. The standard InChI is InChI=1S/C21H26N6O5/c1-26-20(29)15-4-5-16(32-9-3-6-27-7-10-31-11-8-27)18(30-2)17(15)24-21(26)25-19(28)14-12-22-23-13-14/h4-5,12-13H,3,6-11H2,1-2H3,(H,22,23)(H,24,25,28). The first kappa shape index (κ1) is 21.8. The number of ether oxygens (including phenoxy) is 3. The molecule has 0 aliphatic carbocycles. The number of aromatic nitrogens is 4. The van der Waals surface area contributed by atoms with Crippen molar-refractivity contribution in [3.05, 3.63) is 40.4 Å². The smallest absolute Gasteiger partial charge is 0.262 e. The van der Waals surface area contributed by atoms with Gasteiger partial charge in [0.15, 0.2) is 11.5 Å². The van der Waals surface area contributed by atoms with E-state index >= 15 is 0 Å². The Balaban J connectivity index is 1.55. The molecule has 1 aliphatic rings. The summed E-state index contributed by atoms with van der Waals surface area (Å²) >= 11 is 0. The van der Waals surface area contributed by atoms with Gasteiger partial charge < -0.3 is 14.2 Å². The number of fused-ring (bicyclic) bond motifs is 1. The number of hydrogen-bond donors (Lipinski definition) is 2. The maximum Gasteiger partial charge on any atom is 0.262 e. The van der Waals surface area contributed by atoms with Crippen molar-refractivity contribution in [2.45, 2.75) is 6.42 Å². The van der Waals surface area contributed by atoms with Gasteiger partial charge in [-0.15, -0.1) is 0 Å². The van der Waals surface area contributed by atoms with Crippen LogP contribution in [-0.4, -0.2) is 77.1 Å². The average molecular weight is 442 g/mol. The minimum Gasteiger partial charge on any atom is -0.491 e. The lowest BCUT2D eigenvalue weighted by Crippen LogP contribution is -2.37. The van der Waals surface area contributed by atoms with Crippen molar-refractivity contribution in [2.24, 2.45) is 7.05 Å².